The van der Waals surface area contributed by atoms with Crippen molar-refractivity contribution < 1.29 is 0 Å². The highest BCUT2D eigenvalue weighted by Crippen LogP contribution is 2.41. The normalized spacial score (nSPS) is 14.7. The number of hydrogen-bond acceptors (Lipinski definition) is 10. The third kappa shape index (κ3) is 3.18. The Hall–Kier alpha value is -4.15. The number of nitrogen functional groups attached to an aromatic ring is 2. The molecule has 1 aliphatic rings. The first-order chi connectivity index (χ1) is 14.0. The summed E-state index contributed by atoms with van der Waals surface area (Å²) in [5.74, 6) is 0.595. The Balaban J connectivity index is 1.89. The summed E-state index contributed by atoms with van der Waals surface area (Å²) in [6.45, 7) is 1.94. The van der Waals surface area contributed by atoms with Crippen molar-refractivity contribution in [2.75, 3.05) is 16.8 Å². The van der Waals surface area contributed by atoms with Crippen molar-refractivity contribution in [2.45, 2.75) is 13.0 Å². The third-order valence-corrected chi connectivity index (χ3v) is 5.40. The Labute approximate surface area is 170 Å². The molecule has 4 rings (SSSR count). The number of nitrogens with one attached hydrogen (secondary N) is 2. The quantitative estimate of drug-likeness (QED) is 0.376. The number of guanidine groups is 1. The van der Waals surface area contributed by atoms with Crippen molar-refractivity contribution in [3.8, 4) is 22.7 Å². The Kier molecular flexibility index (Phi) is 4.47. The molecule has 1 unspecified atom stereocenters. The molecule has 9 nitrogen and oxygen atoms in total. The minimum Gasteiger partial charge on any atom is -0.397 e. The second-order valence-electron chi connectivity index (χ2n) is 6.36. The molecule has 29 heavy (non-hydrogen) atoms. The van der Waals surface area contributed by atoms with Crippen LogP contribution in [0, 0.1) is 29.7 Å². The lowest BCUT2D eigenvalue weighted by Crippen LogP contribution is -2.32. The molecule has 1 aromatic carbocycles. The van der Waals surface area contributed by atoms with E-state index < -0.39 is 6.04 Å². The zero-order chi connectivity index (χ0) is 20.5. The summed E-state index contributed by atoms with van der Waals surface area (Å²) in [6.07, 6.45) is 1.84. The van der Waals surface area contributed by atoms with Gasteiger partial charge < -0.3 is 16.8 Å². The van der Waals surface area contributed by atoms with Crippen LogP contribution in [0.25, 0.3) is 10.4 Å². The van der Waals surface area contributed by atoms with E-state index in [1.165, 1.54) is 11.5 Å². The Bertz CT molecular complexity index is 1230. The molecule has 0 fully saturated rings. The molecule has 6 N–H and O–H groups in total. The zero-order valence-corrected chi connectivity index (χ0v) is 16.1. The monoisotopic (exact) mass is 401 g/mol. The van der Waals surface area contributed by atoms with Crippen LogP contribution in [-0.4, -0.2) is 15.3 Å². The lowest BCUT2D eigenvalue weighted by Gasteiger charge is -2.26. The summed E-state index contributed by atoms with van der Waals surface area (Å²) in [5, 5.41) is 23.8. The summed E-state index contributed by atoms with van der Waals surface area (Å²) in [4.78, 5) is 9.87. The topological polar surface area (TPSA) is 162 Å². The van der Waals surface area contributed by atoms with Gasteiger partial charge in [-0.05, 0) is 41.7 Å². The molecule has 3 aromatic rings. The van der Waals surface area contributed by atoms with Gasteiger partial charge in [0.1, 0.15) is 29.3 Å². The molecule has 2 aromatic heterocycles. The number of nitrogens with zero attached hydrogens (tertiary/aromatic N) is 5. The molecule has 0 saturated heterocycles. The minimum absolute atomic E-state index is 0.0158. The fraction of sp³-hybridized carbons (Fsp3) is 0.105. The number of aryl methyl sites for hydroxylation is 1. The predicted molar refractivity (Wildman–Crippen MR) is 112 cm³/mol. The molecule has 0 aliphatic carbocycles. The van der Waals surface area contributed by atoms with Crippen LogP contribution < -0.4 is 22.1 Å². The third-order valence-electron chi connectivity index (χ3n) is 4.47. The van der Waals surface area contributed by atoms with E-state index in [0.29, 0.717) is 11.4 Å². The maximum Gasteiger partial charge on any atom is 0.211 e. The van der Waals surface area contributed by atoms with Gasteiger partial charge in [0.05, 0.1) is 16.3 Å². The highest BCUT2D eigenvalue weighted by molar-refractivity contribution is 7.09. The fourth-order valence-corrected chi connectivity index (χ4v) is 3.93. The predicted octanol–water partition coefficient (Wildman–Crippen LogP) is 2.49. The highest BCUT2D eigenvalue weighted by atomic mass is 32.1. The van der Waals surface area contributed by atoms with Gasteiger partial charge in [-0.25, -0.2) is 9.98 Å². The van der Waals surface area contributed by atoms with Crippen molar-refractivity contribution in [2.24, 2.45) is 4.99 Å². The van der Waals surface area contributed by atoms with E-state index in [2.05, 4.69) is 25.0 Å². The van der Waals surface area contributed by atoms with E-state index in [1.807, 2.05) is 49.5 Å². The SMILES string of the molecule is Cc1cc(-c2cccc(C3N=C(NC#N)Nc4nc(N)c(C#N)c(N)c43)c2)sn1. The maximum absolute atomic E-state index is 9.42. The first kappa shape index (κ1) is 18.2. The summed E-state index contributed by atoms with van der Waals surface area (Å²) in [6, 6.07) is 11.2. The van der Waals surface area contributed by atoms with Crippen molar-refractivity contribution >= 4 is 34.8 Å². The number of hydrogen-bond donors (Lipinski definition) is 4. The molecule has 1 atom stereocenters. The van der Waals surface area contributed by atoms with E-state index in [4.69, 9.17) is 16.7 Å². The first-order valence-electron chi connectivity index (χ1n) is 8.54. The lowest BCUT2D eigenvalue weighted by molar-refractivity contribution is 0.847. The lowest BCUT2D eigenvalue weighted by atomic mass is 9.94. The van der Waals surface area contributed by atoms with E-state index in [0.717, 1.165) is 21.7 Å². The number of aliphatic imine (C=N–C) groups is 1. The van der Waals surface area contributed by atoms with Gasteiger partial charge in [0.15, 0.2) is 6.19 Å². The summed E-state index contributed by atoms with van der Waals surface area (Å²) < 4.78 is 4.33. The van der Waals surface area contributed by atoms with Gasteiger partial charge in [-0.15, -0.1) is 0 Å². The summed E-state index contributed by atoms with van der Waals surface area (Å²) in [5.41, 5.74) is 15.8. The molecule has 0 saturated carbocycles. The number of rotatable bonds is 2. The van der Waals surface area contributed by atoms with Crippen molar-refractivity contribution in [1.82, 2.24) is 14.7 Å². The number of fused-ring (bicyclic) bond motifs is 1. The van der Waals surface area contributed by atoms with Crippen LogP contribution in [0.5, 0.6) is 0 Å². The number of nitriles is 2. The van der Waals surface area contributed by atoms with Gasteiger partial charge in [0, 0.05) is 5.56 Å². The Morgan fingerprint density at radius 1 is 1.24 bits per heavy atom. The van der Waals surface area contributed by atoms with Crippen molar-refractivity contribution in [3.05, 3.63) is 52.7 Å². The molecule has 1 aliphatic heterocycles. The van der Waals surface area contributed by atoms with Crippen LogP contribution in [0.15, 0.2) is 35.3 Å². The van der Waals surface area contributed by atoms with Gasteiger partial charge in [0.25, 0.3) is 0 Å². The molecule has 0 amide bonds. The Morgan fingerprint density at radius 3 is 2.76 bits per heavy atom. The average molecular weight is 401 g/mol. The van der Waals surface area contributed by atoms with Crippen LogP contribution in [0.1, 0.15) is 28.4 Å². The molecule has 0 bridgehead atoms. The van der Waals surface area contributed by atoms with Crippen LogP contribution in [0.2, 0.25) is 0 Å². The number of pyridine rings is 1. The molecule has 10 heteroatoms. The highest BCUT2D eigenvalue weighted by Gasteiger charge is 2.29. The second-order valence-corrected chi connectivity index (χ2v) is 7.16. The van der Waals surface area contributed by atoms with Gasteiger partial charge in [-0.2, -0.15) is 14.9 Å². The van der Waals surface area contributed by atoms with Gasteiger partial charge in [-0.1, -0.05) is 18.2 Å². The molecular weight excluding hydrogens is 386 g/mol. The number of nitrogens with two attached hydrogens (primary N) is 2. The fourth-order valence-electron chi connectivity index (χ4n) is 3.18. The molecule has 0 radical (unpaired) electrons. The van der Waals surface area contributed by atoms with Crippen molar-refractivity contribution in [3.63, 3.8) is 0 Å². The van der Waals surface area contributed by atoms with Gasteiger partial charge in [0.2, 0.25) is 5.96 Å². The zero-order valence-electron chi connectivity index (χ0n) is 15.3. The van der Waals surface area contributed by atoms with E-state index in [1.54, 1.807) is 0 Å². The van der Waals surface area contributed by atoms with E-state index >= 15 is 0 Å². The van der Waals surface area contributed by atoms with Crippen LogP contribution in [0.3, 0.4) is 0 Å². The Morgan fingerprint density at radius 2 is 2.07 bits per heavy atom. The average Bonchev–Trinajstić information content (AvgIpc) is 3.14. The number of aromatic nitrogens is 2. The standard InChI is InChI=1S/C19H15N9S/c1-9-5-13(29-28-9)10-3-2-4-11(6-10)16-14-15(22)12(7-20)17(23)26-18(14)27-19(25-16)24-8-21/h2-6,16H,1H3,(H6,22,23,24,25,26,27). The van der Waals surface area contributed by atoms with Crippen LogP contribution in [0.4, 0.5) is 17.3 Å². The molecular formula is C19H15N9S. The second kappa shape index (κ2) is 7.11. The smallest absolute Gasteiger partial charge is 0.211 e. The largest absolute Gasteiger partial charge is 0.397 e. The van der Waals surface area contributed by atoms with E-state index in [-0.39, 0.29) is 23.0 Å². The van der Waals surface area contributed by atoms with Crippen molar-refractivity contribution in [1.29, 1.82) is 10.5 Å². The number of benzene rings is 1. The van der Waals surface area contributed by atoms with Gasteiger partial charge in [-0.3, -0.25) is 5.32 Å². The number of anilines is 3. The molecule has 3 heterocycles. The maximum atomic E-state index is 9.42. The molecule has 0 spiro atoms. The van der Waals surface area contributed by atoms with Crippen LogP contribution in [-0.2, 0) is 0 Å². The summed E-state index contributed by atoms with van der Waals surface area (Å²) in [7, 11) is 0. The summed E-state index contributed by atoms with van der Waals surface area (Å²) >= 11 is 1.41. The molecule has 142 valence electrons. The van der Waals surface area contributed by atoms with Crippen LogP contribution >= 0.6 is 11.5 Å². The van der Waals surface area contributed by atoms with E-state index in [9.17, 15) is 5.26 Å². The minimum atomic E-state index is -0.573. The first-order valence-corrected chi connectivity index (χ1v) is 9.31. The van der Waals surface area contributed by atoms with Gasteiger partial charge >= 0.3 is 0 Å².